The van der Waals surface area contributed by atoms with Gasteiger partial charge in [0.05, 0.1) is 6.61 Å². The van der Waals surface area contributed by atoms with Gasteiger partial charge in [-0.1, -0.05) is 18.2 Å². The van der Waals surface area contributed by atoms with Crippen molar-refractivity contribution in [2.45, 2.75) is 6.61 Å². The normalized spacial score (nSPS) is 14.1. The van der Waals surface area contributed by atoms with Gasteiger partial charge in [0.1, 0.15) is 11.4 Å². The molecule has 2 aromatic carbocycles. The lowest BCUT2D eigenvalue weighted by molar-refractivity contribution is -0.134. The second-order valence-electron chi connectivity index (χ2n) is 7.26. The van der Waals surface area contributed by atoms with Crippen LogP contribution in [-0.2, 0) is 20.9 Å². The number of halogens is 1. The van der Waals surface area contributed by atoms with Gasteiger partial charge in [-0.15, -0.1) is 0 Å². The van der Waals surface area contributed by atoms with Gasteiger partial charge in [-0.25, -0.2) is 9.18 Å². The number of benzene rings is 2. The molecule has 1 aromatic heterocycles. The van der Waals surface area contributed by atoms with Crippen molar-refractivity contribution >= 4 is 28.5 Å². The summed E-state index contributed by atoms with van der Waals surface area (Å²) in [7, 11) is 1.53. The summed E-state index contributed by atoms with van der Waals surface area (Å²) in [6, 6.07) is 13.5. The van der Waals surface area contributed by atoms with Gasteiger partial charge in [0.2, 0.25) is 5.76 Å². The maximum absolute atomic E-state index is 13.1. The summed E-state index contributed by atoms with van der Waals surface area (Å²) >= 11 is 0. The molecule has 4 rings (SSSR count). The third kappa shape index (κ3) is 4.54. The number of furan rings is 1. The highest BCUT2D eigenvalue weighted by molar-refractivity contribution is 5.96. The van der Waals surface area contributed by atoms with E-state index in [-0.39, 0.29) is 30.7 Å². The molecular formula is C23H23FN2O5. The number of fused-ring (bicyclic) bond motifs is 1. The van der Waals surface area contributed by atoms with Crippen LogP contribution in [0.4, 0.5) is 10.1 Å². The molecular weight excluding hydrogens is 403 g/mol. The first-order chi connectivity index (χ1) is 15.1. The zero-order valence-electron chi connectivity index (χ0n) is 17.2. The molecule has 0 aliphatic carbocycles. The van der Waals surface area contributed by atoms with Gasteiger partial charge in [0, 0.05) is 49.9 Å². The van der Waals surface area contributed by atoms with Crippen LogP contribution >= 0.6 is 0 Å². The molecule has 31 heavy (non-hydrogen) atoms. The molecule has 1 fully saturated rings. The van der Waals surface area contributed by atoms with E-state index < -0.39 is 5.97 Å². The number of methoxy groups -OCH3 is 1. The third-order valence-corrected chi connectivity index (χ3v) is 5.32. The second-order valence-corrected chi connectivity index (χ2v) is 7.26. The predicted molar refractivity (Wildman–Crippen MR) is 112 cm³/mol. The van der Waals surface area contributed by atoms with Gasteiger partial charge < -0.3 is 23.7 Å². The van der Waals surface area contributed by atoms with Gasteiger partial charge in [0.25, 0.3) is 5.91 Å². The van der Waals surface area contributed by atoms with E-state index in [1.165, 1.54) is 19.2 Å². The highest BCUT2D eigenvalue weighted by atomic mass is 19.1. The Morgan fingerprint density at radius 1 is 1.03 bits per heavy atom. The first-order valence-corrected chi connectivity index (χ1v) is 10.0. The second kappa shape index (κ2) is 9.18. The quantitative estimate of drug-likeness (QED) is 0.564. The van der Waals surface area contributed by atoms with E-state index in [0.29, 0.717) is 37.3 Å². The Balaban J connectivity index is 1.34. The number of anilines is 1. The Kier molecular flexibility index (Phi) is 6.18. The number of para-hydroxylation sites is 1. The van der Waals surface area contributed by atoms with Crippen LogP contribution in [0, 0.1) is 5.82 Å². The first-order valence-electron chi connectivity index (χ1n) is 10.0. The van der Waals surface area contributed by atoms with Crippen molar-refractivity contribution in [1.29, 1.82) is 0 Å². The van der Waals surface area contributed by atoms with Crippen LogP contribution in [-0.4, -0.2) is 56.7 Å². The van der Waals surface area contributed by atoms with Crippen molar-refractivity contribution in [2.24, 2.45) is 0 Å². The van der Waals surface area contributed by atoms with E-state index in [1.807, 2.05) is 18.2 Å². The largest absolute Gasteiger partial charge is 0.450 e. The van der Waals surface area contributed by atoms with Gasteiger partial charge in [0.15, 0.2) is 6.61 Å². The number of esters is 1. The number of rotatable bonds is 6. The van der Waals surface area contributed by atoms with Crippen molar-refractivity contribution in [1.82, 2.24) is 4.90 Å². The topological polar surface area (TPSA) is 72.2 Å². The summed E-state index contributed by atoms with van der Waals surface area (Å²) in [5, 5.41) is 0.777. The number of ether oxygens (including phenoxy) is 2. The van der Waals surface area contributed by atoms with Gasteiger partial charge in [-0.3, -0.25) is 4.79 Å². The molecule has 0 radical (unpaired) electrons. The van der Waals surface area contributed by atoms with Crippen molar-refractivity contribution in [3.63, 3.8) is 0 Å². The number of piperazine rings is 1. The van der Waals surface area contributed by atoms with Crippen LogP contribution in [0.3, 0.4) is 0 Å². The predicted octanol–water partition coefficient (Wildman–Crippen LogP) is 3.22. The molecule has 3 aromatic rings. The highest BCUT2D eigenvalue weighted by Gasteiger charge is 2.25. The van der Waals surface area contributed by atoms with E-state index in [2.05, 4.69) is 4.90 Å². The maximum Gasteiger partial charge on any atom is 0.375 e. The maximum atomic E-state index is 13.1. The van der Waals surface area contributed by atoms with E-state index in [4.69, 9.17) is 13.9 Å². The van der Waals surface area contributed by atoms with Crippen LogP contribution in [0.25, 0.3) is 11.0 Å². The number of carbonyl (C=O) groups is 2. The fraction of sp³-hybridized carbons (Fsp3) is 0.304. The minimum Gasteiger partial charge on any atom is -0.450 e. The van der Waals surface area contributed by atoms with Gasteiger partial charge in [-0.05, 0) is 30.3 Å². The fourth-order valence-electron chi connectivity index (χ4n) is 3.70. The molecule has 8 heteroatoms. The SMILES string of the molecule is COCc1c(C(=O)OCC(=O)N2CCN(c3ccc(F)cc3)CC2)oc2ccccc12. The molecule has 0 saturated carbocycles. The summed E-state index contributed by atoms with van der Waals surface area (Å²) in [5.41, 5.74) is 2.07. The summed E-state index contributed by atoms with van der Waals surface area (Å²) < 4.78 is 29.2. The van der Waals surface area contributed by atoms with E-state index in [0.717, 1.165) is 11.1 Å². The lowest BCUT2D eigenvalue weighted by Gasteiger charge is -2.36. The minimum atomic E-state index is -0.693. The molecule has 1 saturated heterocycles. The smallest absolute Gasteiger partial charge is 0.375 e. The zero-order valence-corrected chi connectivity index (χ0v) is 17.2. The Bertz CT molecular complexity index is 1070. The van der Waals surface area contributed by atoms with E-state index in [1.54, 1.807) is 23.1 Å². The summed E-state index contributed by atoms with van der Waals surface area (Å²) in [4.78, 5) is 28.8. The van der Waals surface area contributed by atoms with E-state index in [9.17, 15) is 14.0 Å². The van der Waals surface area contributed by atoms with Gasteiger partial charge in [-0.2, -0.15) is 0 Å². The molecule has 7 nitrogen and oxygen atoms in total. The average Bonchev–Trinajstić information content (AvgIpc) is 3.17. The summed E-state index contributed by atoms with van der Waals surface area (Å²) in [6.45, 7) is 2.06. The fourth-order valence-corrected chi connectivity index (χ4v) is 3.70. The molecule has 0 bridgehead atoms. The Hall–Kier alpha value is -3.39. The van der Waals surface area contributed by atoms with Crippen LogP contribution < -0.4 is 4.90 Å². The number of amides is 1. The molecule has 0 spiro atoms. The summed E-state index contributed by atoms with van der Waals surface area (Å²) in [5.74, 6) is -1.19. The monoisotopic (exact) mass is 426 g/mol. The Morgan fingerprint density at radius 3 is 2.45 bits per heavy atom. The van der Waals surface area contributed by atoms with Crippen molar-refractivity contribution in [3.05, 3.63) is 65.7 Å². The molecule has 1 aliphatic rings. The molecule has 0 atom stereocenters. The van der Waals surface area contributed by atoms with Crippen molar-refractivity contribution in [3.8, 4) is 0 Å². The molecule has 162 valence electrons. The standard InChI is InChI=1S/C23H23FN2O5/c1-29-14-19-18-4-2-3-5-20(18)31-22(19)23(28)30-15-21(27)26-12-10-25(11-13-26)17-8-6-16(24)7-9-17/h2-9H,10-15H2,1H3. The average molecular weight is 426 g/mol. The Morgan fingerprint density at radius 2 is 1.74 bits per heavy atom. The zero-order chi connectivity index (χ0) is 21.8. The van der Waals surface area contributed by atoms with Crippen LogP contribution in [0.2, 0.25) is 0 Å². The third-order valence-electron chi connectivity index (χ3n) is 5.32. The van der Waals surface area contributed by atoms with Crippen molar-refractivity contribution < 1.29 is 27.9 Å². The lowest BCUT2D eigenvalue weighted by Crippen LogP contribution is -2.49. The van der Waals surface area contributed by atoms with Crippen molar-refractivity contribution in [2.75, 3.05) is 44.8 Å². The molecule has 0 N–H and O–H groups in total. The van der Waals surface area contributed by atoms with Crippen LogP contribution in [0.15, 0.2) is 52.9 Å². The lowest BCUT2D eigenvalue weighted by atomic mass is 10.1. The minimum absolute atomic E-state index is 0.0528. The van der Waals surface area contributed by atoms with Crippen LogP contribution in [0.5, 0.6) is 0 Å². The number of nitrogens with zero attached hydrogens (tertiary/aromatic N) is 2. The number of hydrogen-bond donors (Lipinski definition) is 0. The highest BCUT2D eigenvalue weighted by Crippen LogP contribution is 2.27. The van der Waals surface area contributed by atoms with E-state index >= 15 is 0 Å². The molecule has 2 heterocycles. The molecule has 1 aliphatic heterocycles. The van der Waals surface area contributed by atoms with Crippen LogP contribution in [0.1, 0.15) is 16.1 Å². The van der Waals surface area contributed by atoms with Gasteiger partial charge >= 0.3 is 5.97 Å². The molecule has 0 unspecified atom stereocenters. The first kappa shape index (κ1) is 20.9. The number of carbonyl (C=O) groups excluding carboxylic acids is 2. The summed E-state index contributed by atoms with van der Waals surface area (Å²) in [6.07, 6.45) is 0. The number of hydrogen-bond acceptors (Lipinski definition) is 6. The Labute approximate surface area is 178 Å². The molecule has 1 amide bonds.